The average molecular weight is 358 g/mol. The molecule has 0 unspecified atom stereocenters. The lowest BCUT2D eigenvalue weighted by molar-refractivity contribution is 0.0606. The highest BCUT2D eigenvalue weighted by molar-refractivity contribution is 6.21. The molecular formula is C22H18N2O3. The molecule has 2 aromatic carbocycles. The van der Waals surface area contributed by atoms with E-state index < -0.39 is 0 Å². The van der Waals surface area contributed by atoms with Gasteiger partial charge in [0.2, 0.25) is 0 Å². The van der Waals surface area contributed by atoms with Gasteiger partial charge in [0, 0.05) is 16.6 Å². The topological polar surface area (TPSA) is 59.4 Å². The highest BCUT2D eigenvalue weighted by Crippen LogP contribution is 2.27. The minimum atomic E-state index is -0.275. The fourth-order valence-electron chi connectivity index (χ4n) is 4.31. The van der Waals surface area contributed by atoms with Crippen molar-refractivity contribution in [3.8, 4) is 0 Å². The van der Waals surface area contributed by atoms with Crippen LogP contribution in [0.25, 0.3) is 10.9 Å². The third-order valence-electron chi connectivity index (χ3n) is 5.64. The monoisotopic (exact) mass is 358 g/mol. The minimum Gasteiger partial charge on any atom is -0.325 e. The number of carbonyl (C=O) groups excluding carboxylic acids is 2. The van der Waals surface area contributed by atoms with E-state index in [1.165, 1.54) is 4.90 Å². The van der Waals surface area contributed by atoms with Crippen LogP contribution in [0.3, 0.4) is 0 Å². The molecule has 5 rings (SSSR count). The molecule has 5 heteroatoms. The Hall–Kier alpha value is -3.21. The summed E-state index contributed by atoms with van der Waals surface area (Å²) in [5.74, 6) is -0.550. The zero-order valence-electron chi connectivity index (χ0n) is 14.8. The number of amides is 2. The third kappa shape index (κ3) is 2.28. The number of para-hydroxylation sites is 1. The smallest absolute Gasteiger partial charge is 0.263 e. The molecular weight excluding hydrogens is 340 g/mol. The quantitative estimate of drug-likeness (QED) is 0.661. The van der Waals surface area contributed by atoms with E-state index in [-0.39, 0.29) is 23.9 Å². The number of pyridine rings is 1. The molecule has 0 spiro atoms. The van der Waals surface area contributed by atoms with Crippen LogP contribution >= 0.6 is 0 Å². The highest BCUT2D eigenvalue weighted by Gasteiger charge is 2.36. The Balaban J connectivity index is 1.69. The van der Waals surface area contributed by atoms with Gasteiger partial charge in [0.1, 0.15) is 6.67 Å². The standard InChI is InChI=1S/C22H18N2O3/c25-20-16-9-3-5-11-18(16)23(19-12-6-4-10-17(19)20)13-24-21(26)14-7-1-2-8-15(14)22(24)27/h1-3,5,7-9,11H,4,6,10,12-13H2. The van der Waals surface area contributed by atoms with Crippen LogP contribution in [-0.2, 0) is 19.5 Å². The van der Waals surface area contributed by atoms with Crippen LogP contribution in [0.5, 0.6) is 0 Å². The lowest BCUT2D eigenvalue weighted by Gasteiger charge is -2.26. The molecule has 27 heavy (non-hydrogen) atoms. The Morgan fingerprint density at radius 3 is 2.15 bits per heavy atom. The maximum absolute atomic E-state index is 12.9. The van der Waals surface area contributed by atoms with Crippen molar-refractivity contribution in [1.82, 2.24) is 9.47 Å². The van der Waals surface area contributed by atoms with Gasteiger partial charge in [0.05, 0.1) is 16.6 Å². The van der Waals surface area contributed by atoms with Crippen molar-refractivity contribution in [3.63, 3.8) is 0 Å². The molecule has 0 radical (unpaired) electrons. The second kappa shape index (κ2) is 5.91. The summed E-state index contributed by atoms with van der Waals surface area (Å²) in [6, 6.07) is 14.4. The number of fused-ring (bicyclic) bond motifs is 3. The van der Waals surface area contributed by atoms with Crippen LogP contribution < -0.4 is 5.43 Å². The first-order valence-corrected chi connectivity index (χ1v) is 9.25. The van der Waals surface area contributed by atoms with Gasteiger partial charge in [-0.15, -0.1) is 0 Å². The predicted octanol–water partition coefficient (Wildman–Crippen LogP) is 3.13. The summed E-state index contributed by atoms with van der Waals surface area (Å²) in [6.45, 7) is 0.134. The maximum Gasteiger partial charge on any atom is 0.263 e. The second-order valence-electron chi connectivity index (χ2n) is 7.13. The molecule has 1 aliphatic carbocycles. The number of nitrogens with zero attached hydrogens (tertiary/aromatic N) is 2. The number of hydrogen-bond donors (Lipinski definition) is 0. The second-order valence-corrected chi connectivity index (χ2v) is 7.13. The lowest BCUT2D eigenvalue weighted by Crippen LogP contribution is -2.35. The maximum atomic E-state index is 12.9. The van der Waals surface area contributed by atoms with Gasteiger partial charge in [-0.05, 0) is 49.9 Å². The number of imide groups is 1. The Morgan fingerprint density at radius 2 is 1.41 bits per heavy atom. The van der Waals surface area contributed by atoms with E-state index in [1.807, 2.05) is 28.8 Å². The molecule has 2 amide bonds. The molecule has 134 valence electrons. The van der Waals surface area contributed by atoms with Gasteiger partial charge in [-0.3, -0.25) is 19.3 Å². The van der Waals surface area contributed by atoms with Gasteiger partial charge < -0.3 is 4.57 Å². The van der Waals surface area contributed by atoms with Crippen LogP contribution in [0.1, 0.15) is 44.8 Å². The number of hydrogen-bond acceptors (Lipinski definition) is 3. The largest absolute Gasteiger partial charge is 0.325 e. The Morgan fingerprint density at radius 1 is 0.778 bits per heavy atom. The SMILES string of the molecule is O=C1c2ccccc2C(=O)N1Cn1c2c(c(=O)c3ccccc31)CCCC2. The zero-order chi connectivity index (χ0) is 18.5. The van der Waals surface area contributed by atoms with E-state index in [0.717, 1.165) is 42.5 Å². The molecule has 0 saturated carbocycles. The summed E-state index contributed by atoms with van der Waals surface area (Å²) in [5, 5.41) is 0.648. The van der Waals surface area contributed by atoms with E-state index >= 15 is 0 Å². The Kier molecular flexibility index (Phi) is 3.50. The summed E-state index contributed by atoms with van der Waals surface area (Å²) in [7, 11) is 0. The van der Waals surface area contributed by atoms with Crippen LogP contribution in [0, 0.1) is 0 Å². The zero-order valence-corrected chi connectivity index (χ0v) is 14.8. The molecule has 1 aliphatic heterocycles. The van der Waals surface area contributed by atoms with Crippen molar-refractivity contribution in [2.75, 3.05) is 0 Å². The van der Waals surface area contributed by atoms with Crippen molar-refractivity contribution in [1.29, 1.82) is 0 Å². The van der Waals surface area contributed by atoms with E-state index in [9.17, 15) is 14.4 Å². The van der Waals surface area contributed by atoms with Crippen molar-refractivity contribution in [2.24, 2.45) is 0 Å². The average Bonchev–Trinajstić information content (AvgIpc) is 2.96. The van der Waals surface area contributed by atoms with E-state index in [4.69, 9.17) is 0 Å². The van der Waals surface area contributed by atoms with Gasteiger partial charge in [-0.25, -0.2) is 0 Å². The third-order valence-corrected chi connectivity index (χ3v) is 5.64. The molecule has 0 N–H and O–H groups in total. The van der Waals surface area contributed by atoms with Crippen LogP contribution in [0.15, 0.2) is 53.3 Å². The van der Waals surface area contributed by atoms with E-state index in [2.05, 4.69) is 0 Å². The van der Waals surface area contributed by atoms with Gasteiger partial charge in [0.25, 0.3) is 11.8 Å². The first-order chi connectivity index (χ1) is 13.2. The Labute approximate surface area is 155 Å². The molecule has 0 fully saturated rings. The minimum absolute atomic E-state index is 0.0823. The van der Waals surface area contributed by atoms with E-state index in [1.54, 1.807) is 24.3 Å². The first-order valence-electron chi connectivity index (χ1n) is 9.25. The fraction of sp³-hybridized carbons (Fsp3) is 0.227. The normalized spacial score (nSPS) is 15.9. The van der Waals surface area contributed by atoms with Gasteiger partial charge in [0.15, 0.2) is 5.43 Å². The van der Waals surface area contributed by atoms with Crippen LogP contribution in [-0.4, -0.2) is 21.3 Å². The van der Waals surface area contributed by atoms with Gasteiger partial charge >= 0.3 is 0 Å². The van der Waals surface area contributed by atoms with Crippen molar-refractivity contribution in [3.05, 3.63) is 81.1 Å². The molecule has 0 bridgehead atoms. The van der Waals surface area contributed by atoms with Crippen molar-refractivity contribution < 1.29 is 9.59 Å². The molecule has 0 saturated heterocycles. The summed E-state index contributed by atoms with van der Waals surface area (Å²) in [4.78, 5) is 39.8. The molecule has 1 aromatic heterocycles. The predicted molar refractivity (Wildman–Crippen MR) is 102 cm³/mol. The molecule has 0 atom stereocenters. The molecule has 3 aromatic rings. The summed E-state index contributed by atoms with van der Waals surface area (Å²) in [5.41, 5.74) is 3.54. The summed E-state index contributed by atoms with van der Waals surface area (Å²) in [6.07, 6.45) is 3.54. The number of rotatable bonds is 2. The number of benzene rings is 2. The van der Waals surface area contributed by atoms with Gasteiger partial charge in [-0.1, -0.05) is 24.3 Å². The van der Waals surface area contributed by atoms with E-state index in [0.29, 0.717) is 16.5 Å². The summed E-state index contributed by atoms with van der Waals surface area (Å²) >= 11 is 0. The summed E-state index contributed by atoms with van der Waals surface area (Å²) < 4.78 is 1.99. The molecule has 2 aliphatic rings. The number of aromatic nitrogens is 1. The highest BCUT2D eigenvalue weighted by atomic mass is 16.2. The van der Waals surface area contributed by atoms with Gasteiger partial charge in [-0.2, -0.15) is 0 Å². The lowest BCUT2D eigenvalue weighted by atomic mass is 9.93. The fourth-order valence-corrected chi connectivity index (χ4v) is 4.31. The van der Waals surface area contributed by atoms with Crippen molar-refractivity contribution >= 4 is 22.7 Å². The van der Waals surface area contributed by atoms with Crippen molar-refractivity contribution in [2.45, 2.75) is 32.4 Å². The Bertz CT molecular complexity index is 1140. The number of carbonyl (C=O) groups is 2. The molecule has 2 heterocycles. The first kappa shape index (κ1) is 16.0. The van der Waals surface area contributed by atoms with Crippen LogP contribution in [0.4, 0.5) is 0 Å². The van der Waals surface area contributed by atoms with Crippen LogP contribution in [0.2, 0.25) is 0 Å². The molecule has 5 nitrogen and oxygen atoms in total.